The van der Waals surface area contributed by atoms with E-state index in [2.05, 4.69) is 12.2 Å². The molecule has 1 aromatic carbocycles. The molecule has 1 aliphatic heterocycles. The average Bonchev–Trinajstić information content (AvgIpc) is 2.65. The first-order valence-electron chi connectivity index (χ1n) is 7.04. The van der Waals surface area contributed by atoms with Gasteiger partial charge in [-0.05, 0) is 49.8 Å². The summed E-state index contributed by atoms with van der Waals surface area (Å²) in [5.41, 5.74) is 6.12. The Labute approximate surface area is 118 Å². The zero-order chi connectivity index (χ0) is 14.3. The molecule has 0 unspecified atom stereocenters. The standard InChI is InChI=1S/C15H19N3O2/c1-10-5-7-15(8-6-10)13(19)18(14(20)17-15)12-4-2-3-11(16)9-12/h2-4,9-10H,5-8,16H2,1H3,(H,17,20). The Hall–Kier alpha value is -2.04. The number of carbonyl (C=O) groups is 2. The van der Waals surface area contributed by atoms with Gasteiger partial charge in [0.1, 0.15) is 5.54 Å². The number of hydrogen-bond donors (Lipinski definition) is 2. The van der Waals surface area contributed by atoms with Crippen molar-refractivity contribution in [3.8, 4) is 0 Å². The molecular weight excluding hydrogens is 254 g/mol. The van der Waals surface area contributed by atoms with E-state index in [4.69, 9.17) is 5.73 Å². The Kier molecular flexibility index (Phi) is 2.92. The Morgan fingerprint density at radius 1 is 1.30 bits per heavy atom. The molecule has 0 aromatic heterocycles. The first-order valence-corrected chi connectivity index (χ1v) is 7.04. The molecule has 1 saturated carbocycles. The van der Waals surface area contributed by atoms with Crippen LogP contribution in [0.15, 0.2) is 24.3 Å². The van der Waals surface area contributed by atoms with Gasteiger partial charge in [0, 0.05) is 5.69 Å². The van der Waals surface area contributed by atoms with Gasteiger partial charge in [-0.15, -0.1) is 0 Å². The second-order valence-electron chi connectivity index (χ2n) is 5.93. The van der Waals surface area contributed by atoms with Crippen LogP contribution < -0.4 is 16.0 Å². The lowest BCUT2D eigenvalue weighted by Gasteiger charge is -2.33. The van der Waals surface area contributed by atoms with E-state index >= 15 is 0 Å². The maximum Gasteiger partial charge on any atom is 0.329 e. The van der Waals surface area contributed by atoms with Gasteiger partial charge in [-0.3, -0.25) is 4.79 Å². The highest BCUT2D eigenvalue weighted by molar-refractivity contribution is 6.23. The molecule has 2 fully saturated rings. The summed E-state index contributed by atoms with van der Waals surface area (Å²) in [7, 11) is 0. The number of amides is 3. The lowest BCUT2D eigenvalue weighted by atomic mass is 9.77. The predicted octanol–water partition coefficient (Wildman–Crippen LogP) is 2.27. The van der Waals surface area contributed by atoms with Crippen molar-refractivity contribution in [2.75, 3.05) is 10.6 Å². The average molecular weight is 273 g/mol. The summed E-state index contributed by atoms with van der Waals surface area (Å²) >= 11 is 0. The number of anilines is 2. The molecule has 0 bridgehead atoms. The van der Waals surface area contributed by atoms with Gasteiger partial charge in [0.25, 0.3) is 5.91 Å². The summed E-state index contributed by atoms with van der Waals surface area (Å²) < 4.78 is 0. The minimum atomic E-state index is -0.700. The van der Waals surface area contributed by atoms with Crippen LogP contribution in [0.4, 0.5) is 16.2 Å². The number of nitrogens with one attached hydrogen (secondary N) is 1. The lowest BCUT2D eigenvalue weighted by Crippen LogP contribution is -2.49. The predicted molar refractivity (Wildman–Crippen MR) is 77.2 cm³/mol. The molecule has 1 heterocycles. The fourth-order valence-electron chi connectivity index (χ4n) is 3.11. The van der Waals surface area contributed by atoms with Crippen LogP contribution in [-0.4, -0.2) is 17.5 Å². The smallest absolute Gasteiger partial charge is 0.329 e. The summed E-state index contributed by atoms with van der Waals surface area (Å²) in [6, 6.07) is 6.54. The van der Waals surface area contributed by atoms with E-state index in [1.807, 2.05) is 0 Å². The van der Waals surface area contributed by atoms with Crippen LogP contribution in [0.25, 0.3) is 0 Å². The SMILES string of the molecule is CC1CCC2(CC1)NC(=O)N(c1cccc(N)c1)C2=O. The number of hydrogen-bond acceptors (Lipinski definition) is 3. The van der Waals surface area contributed by atoms with E-state index in [0.717, 1.165) is 25.7 Å². The van der Waals surface area contributed by atoms with E-state index in [0.29, 0.717) is 17.3 Å². The third-order valence-electron chi connectivity index (χ3n) is 4.42. The number of urea groups is 1. The van der Waals surface area contributed by atoms with Gasteiger partial charge in [0.05, 0.1) is 5.69 Å². The molecule has 106 valence electrons. The van der Waals surface area contributed by atoms with Gasteiger partial charge in [0.15, 0.2) is 0 Å². The highest BCUT2D eigenvalue weighted by atomic mass is 16.2. The zero-order valence-corrected chi connectivity index (χ0v) is 11.6. The highest BCUT2D eigenvalue weighted by Gasteiger charge is 2.52. The number of nitrogens with two attached hydrogens (primary N) is 1. The van der Waals surface area contributed by atoms with Gasteiger partial charge in [-0.2, -0.15) is 0 Å². The molecule has 1 spiro atoms. The summed E-state index contributed by atoms with van der Waals surface area (Å²) in [5, 5.41) is 2.90. The molecule has 3 amide bonds. The third-order valence-corrected chi connectivity index (χ3v) is 4.42. The first-order chi connectivity index (χ1) is 9.52. The number of carbonyl (C=O) groups excluding carboxylic acids is 2. The van der Waals surface area contributed by atoms with Gasteiger partial charge < -0.3 is 11.1 Å². The molecule has 3 N–H and O–H groups in total. The topological polar surface area (TPSA) is 75.4 Å². The number of rotatable bonds is 1. The van der Waals surface area contributed by atoms with E-state index in [1.165, 1.54) is 4.90 Å². The van der Waals surface area contributed by atoms with Crippen LogP contribution in [0.2, 0.25) is 0 Å². The number of imide groups is 1. The Morgan fingerprint density at radius 3 is 2.65 bits per heavy atom. The number of benzene rings is 1. The van der Waals surface area contributed by atoms with Crippen LogP contribution in [0.3, 0.4) is 0 Å². The monoisotopic (exact) mass is 273 g/mol. The molecule has 20 heavy (non-hydrogen) atoms. The van der Waals surface area contributed by atoms with Crippen molar-refractivity contribution in [1.29, 1.82) is 0 Å². The molecule has 5 nitrogen and oxygen atoms in total. The molecule has 1 saturated heterocycles. The van der Waals surface area contributed by atoms with Gasteiger partial charge in [-0.1, -0.05) is 13.0 Å². The molecule has 0 atom stereocenters. The normalized spacial score (nSPS) is 29.9. The minimum absolute atomic E-state index is 0.139. The van der Waals surface area contributed by atoms with Crippen LogP contribution in [0, 0.1) is 5.92 Å². The minimum Gasteiger partial charge on any atom is -0.399 e. The fraction of sp³-hybridized carbons (Fsp3) is 0.467. The van der Waals surface area contributed by atoms with Gasteiger partial charge in [0.2, 0.25) is 0 Å². The van der Waals surface area contributed by atoms with Crippen molar-refractivity contribution in [3.63, 3.8) is 0 Å². The molecule has 3 rings (SSSR count). The van der Waals surface area contributed by atoms with Crippen molar-refractivity contribution in [3.05, 3.63) is 24.3 Å². The number of nitrogen functional groups attached to an aromatic ring is 1. The van der Waals surface area contributed by atoms with Crippen LogP contribution >= 0.6 is 0 Å². The maximum atomic E-state index is 12.7. The molecule has 1 aliphatic carbocycles. The summed E-state index contributed by atoms with van der Waals surface area (Å²) in [5.74, 6) is 0.478. The van der Waals surface area contributed by atoms with Crippen LogP contribution in [0.1, 0.15) is 32.6 Å². The molecule has 5 heteroatoms. The molecule has 1 aromatic rings. The summed E-state index contributed by atoms with van der Waals surface area (Å²) in [4.78, 5) is 26.1. The quantitative estimate of drug-likeness (QED) is 0.609. The van der Waals surface area contributed by atoms with Crippen LogP contribution in [-0.2, 0) is 4.79 Å². The van der Waals surface area contributed by atoms with Crippen molar-refractivity contribution in [2.45, 2.75) is 38.1 Å². The first kappa shape index (κ1) is 13.0. The van der Waals surface area contributed by atoms with Crippen molar-refractivity contribution >= 4 is 23.3 Å². The largest absolute Gasteiger partial charge is 0.399 e. The number of nitrogens with zero attached hydrogens (tertiary/aromatic N) is 1. The van der Waals surface area contributed by atoms with E-state index < -0.39 is 5.54 Å². The van der Waals surface area contributed by atoms with Gasteiger partial charge >= 0.3 is 6.03 Å². The van der Waals surface area contributed by atoms with Crippen molar-refractivity contribution in [1.82, 2.24) is 5.32 Å². The van der Waals surface area contributed by atoms with E-state index in [1.54, 1.807) is 24.3 Å². The lowest BCUT2D eigenvalue weighted by molar-refractivity contribution is -0.123. The second kappa shape index (κ2) is 4.51. The summed E-state index contributed by atoms with van der Waals surface area (Å²) in [6.07, 6.45) is 3.38. The Bertz CT molecular complexity index is 562. The molecular formula is C15H19N3O2. The van der Waals surface area contributed by atoms with Gasteiger partial charge in [-0.25, -0.2) is 9.69 Å². The van der Waals surface area contributed by atoms with Crippen LogP contribution in [0.5, 0.6) is 0 Å². The van der Waals surface area contributed by atoms with E-state index in [9.17, 15) is 9.59 Å². The summed E-state index contributed by atoms with van der Waals surface area (Å²) in [6.45, 7) is 2.18. The maximum absolute atomic E-state index is 12.7. The Balaban J connectivity index is 1.91. The highest BCUT2D eigenvalue weighted by Crippen LogP contribution is 2.38. The Morgan fingerprint density at radius 2 is 2.00 bits per heavy atom. The second-order valence-corrected chi connectivity index (χ2v) is 5.93. The fourth-order valence-corrected chi connectivity index (χ4v) is 3.11. The zero-order valence-electron chi connectivity index (χ0n) is 11.6. The molecule has 2 aliphatic rings. The third kappa shape index (κ3) is 1.94. The van der Waals surface area contributed by atoms with Crippen molar-refractivity contribution < 1.29 is 9.59 Å². The van der Waals surface area contributed by atoms with E-state index in [-0.39, 0.29) is 11.9 Å². The molecule has 0 radical (unpaired) electrons. The van der Waals surface area contributed by atoms with Crippen molar-refractivity contribution in [2.24, 2.45) is 5.92 Å².